The molecule has 5 nitrogen and oxygen atoms in total. The van der Waals surface area contributed by atoms with E-state index in [9.17, 15) is 13.2 Å². The summed E-state index contributed by atoms with van der Waals surface area (Å²) in [5.41, 5.74) is -0.983. The first-order valence-corrected chi connectivity index (χ1v) is 6.12. The first-order chi connectivity index (χ1) is 9.45. The average Bonchev–Trinajstić information content (AvgIpc) is 2.86. The molecule has 2 aromatic heterocycles. The molecule has 0 spiro atoms. The highest BCUT2D eigenvalue weighted by Gasteiger charge is 2.34. The molecule has 2 rings (SSSR count). The van der Waals surface area contributed by atoms with Gasteiger partial charge in [-0.25, -0.2) is 9.97 Å². The summed E-state index contributed by atoms with van der Waals surface area (Å²) in [7, 11) is 1.47. The van der Waals surface area contributed by atoms with E-state index in [-0.39, 0.29) is 11.8 Å². The van der Waals surface area contributed by atoms with E-state index < -0.39 is 11.9 Å². The highest BCUT2D eigenvalue weighted by molar-refractivity contribution is 5.36. The monoisotopic (exact) mass is 285 g/mol. The SMILES string of the molecule is CCCc1nccn1-c1cc(C(F)(F)F)nc(NC)n1. The molecule has 2 aromatic rings. The smallest absolute Gasteiger partial charge is 0.357 e. The second-order valence-electron chi connectivity index (χ2n) is 4.15. The second-order valence-corrected chi connectivity index (χ2v) is 4.15. The van der Waals surface area contributed by atoms with E-state index in [0.717, 1.165) is 12.5 Å². The van der Waals surface area contributed by atoms with Crippen molar-refractivity contribution in [3.05, 3.63) is 30.0 Å². The van der Waals surface area contributed by atoms with E-state index in [1.807, 2.05) is 6.92 Å². The van der Waals surface area contributed by atoms with E-state index in [1.165, 1.54) is 7.05 Å². The summed E-state index contributed by atoms with van der Waals surface area (Å²) in [5, 5.41) is 2.54. The van der Waals surface area contributed by atoms with Crippen molar-refractivity contribution in [1.29, 1.82) is 0 Å². The number of imidazole rings is 1. The van der Waals surface area contributed by atoms with E-state index in [1.54, 1.807) is 17.0 Å². The first kappa shape index (κ1) is 14.3. The van der Waals surface area contributed by atoms with Crippen LogP contribution in [0.5, 0.6) is 0 Å². The van der Waals surface area contributed by atoms with E-state index >= 15 is 0 Å². The van der Waals surface area contributed by atoms with Crippen LogP contribution >= 0.6 is 0 Å². The molecule has 0 aliphatic carbocycles. The van der Waals surface area contributed by atoms with Gasteiger partial charge in [0.15, 0.2) is 5.69 Å². The maximum atomic E-state index is 12.8. The fraction of sp³-hybridized carbons (Fsp3) is 0.417. The van der Waals surface area contributed by atoms with Crippen LogP contribution in [-0.2, 0) is 12.6 Å². The van der Waals surface area contributed by atoms with Gasteiger partial charge in [-0.2, -0.15) is 18.2 Å². The Morgan fingerprint density at radius 1 is 1.30 bits per heavy atom. The van der Waals surface area contributed by atoms with Crippen molar-refractivity contribution in [2.24, 2.45) is 0 Å². The lowest BCUT2D eigenvalue weighted by molar-refractivity contribution is -0.141. The van der Waals surface area contributed by atoms with Crippen LogP contribution in [0.3, 0.4) is 0 Å². The molecule has 108 valence electrons. The summed E-state index contributed by atoms with van der Waals surface area (Å²) in [4.78, 5) is 11.6. The standard InChI is InChI=1S/C12H14F3N5/c1-3-4-9-17-5-6-20(9)10-7-8(12(13,14)15)18-11(16-2)19-10/h5-7H,3-4H2,1-2H3,(H,16,18,19). The quantitative estimate of drug-likeness (QED) is 0.938. The number of halogens is 3. The van der Waals surface area contributed by atoms with E-state index in [4.69, 9.17) is 0 Å². The molecular weight excluding hydrogens is 271 g/mol. The van der Waals surface area contributed by atoms with Gasteiger partial charge in [-0.1, -0.05) is 6.92 Å². The molecule has 0 unspecified atom stereocenters. The van der Waals surface area contributed by atoms with Gasteiger partial charge < -0.3 is 5.32 Å². The van der Waals surface area contributed by atoms with Crippen molar-refractivity contribution in [1.82, 2.24) is 19.5 Å². The Kier molecular flexibility index (Phi) is 3.91. The molecule has 1 N–H and O–H groups in total. The largest absolute Gasteiger partial charge is 0.433 e. The van der Waals surface area contributed by atoms with Gasteiger partial charge in [0.1, 0.15) is 11.6 Å². The number of anilines is 1. The molecule has 0 aliphatic heterocycles. The summed E-state index contributed by atoms with van der Waals surface area (Å²) in [6.07, 6.45) is 0.113. The third-order valence-corrected chi connectivity index (χ3v) is 2.66. The van der Waals surface area contributed by atoms with Crippen LogP contribution in [0.25, 0.3) is 5.82 Å². The van der Waals surface area contributed by atoms with Crippen LogP contribution in [0.1, 0.15) is 24.9 Å². The summed E-state index contributed by atoms with van der Waals surface area (Å²) >= 11 is 0. The molecule has 20 heavy (non-hydrogen) atoms. The van der Waals surface area contributed by atoms with Crippen molar-refractivity contribution in [3.63, 3.8) is 0 Å². The zero-order valence-corrected chi connectivity index (χ0v) is 11.1. The molecular formula is C12H14F3N5. The summed E-state index contributed by atoms with van der Waals surface area (Å²) in [5.74, 6) is 0.741. The Labute approximate surface area is 113 Å². The van der Waals surface area contributed by atoms with Crippen LogP contribution in [0.4, 0.5) is 19.1 Å². The minimum absolute atomic E-state index is 0.0778. The van der Waals surface area contributed by atoms with Crippen molar-refractivity contribution in [2.75, 3.05) is 12.4 Å². The van der Waals surface area contributed by atoms with Crippen molar-refractivity contribution in [3.8, 4) is 5.82 Å². The molecule has 0 fully saturated rings. The molecule has 0 radical (unpaired) electrons. The number of aromatic nitrogens is 4. The zero-order valence-electron chi connectivity index (χ0n) is 11.1. The fourth-order valence-corrected chi connectivity index (χ4v) is 1.77. The minimum Gasteiger partial charge on any atom is -0.357 e. The predicted molar refractivity (Wildman–Crippen MR) is 67.7 cm³/mol. The topological polar surface area (TPSA) is 55.6 Å². The van der Waals surface area contributed by atoms with Gasteiger partial charge >= 0.3 is 6.18 Å². The van der Waals surface area contributed by atoms with E-state index in [0.29, 0.717) is 12.2 Å². The molecule has 0 aromatic carbocycles. The van der Waals surface area contributed by atoms with Gasteiger partial charge in [0, 0.05) is 31.9 Å². The molecule has 0 atom stereocenters. The average molecular weight is 285 g/mol. The number of rotatable bonds is 4. The van der Waals surface area contributed by atoms with Crippen LogP contribution in [0, 0.1) is 0 Å². The third kappa shape index (κ3) is 2.89. The number of aryl methyl sites for hydroxylation is 1. The Morgan fingerprint density at radius 2 is 2.05 bits per heavy atom. The van der Waals surface area contributed by atoms with Gasteiger partial charge in [0.2, 0.25) is 5.95 Å². The first-order valence-electron chi connectivity index (χ1n) is 6.12. The molecule has 0 saturated carbocycles. The molecule has 0 aliphatic rings. The molecule has 2 heterocycles. The lowest BCUT2D eigenvalue weighted by Gasteiger charge is -2.12. The number of nitrogens with zero attached hydrogens (tertiary/aromatic N) is 4. The lowest BCUT2D eigenvalue weighted by Crippen LogP contribution is -2.13. The maximum Gasteiger partial charge on any atom is 0.433 e. The van der Waals surface area contributed by atoms with Crippen LogP contribution in [0.15, 0.2) is 18.5 Å². The van der Waals surface area contributed by atoms with Gasteiger partial charge in [-0.05, 0) is 6.42 Å². The van der Waals surface area contributed by atoms with Crippen LogP contribution in [0.2, 0.25) is 0 Å². The Balaban J connectivity index is 2.53. The van der Waals surface area contributed by atoms with Crippen molar-refractivity contribution >= 4 is 5.95 Å². The van der Waals surface area contributed by atoms with E-state index in [2.05, 4.69) is 20.3 Å². The summed E-state index contributed by atoms with van der Waals surface area (Å²) in [6, 6.07) is 0.918. The Hall–Kier alpha value is -2.12. The zero-order chi connectivity index (χ0) is 14.8. The Morgan fingerprint density at radius 3 is 2.65 bits per heavy atom. The van der Waals surface area contributed by atoms with Gasteiger partial charge in [0.05, 0.1) is 0 Å². The number of alkyl halides is 3. The lowest BCUT2D eigenvalue weighted by atomic mass is 10.3. The molecule has 8 heteroatoms. The predicted octanol–water partition coefficient (Wildman–Crippen LogP) is 2.68. The van der Waals surface area contributed by atoms with Gasteiger partial charge in [-0.15, -0.1) is 0 Å². The van der Waals surface area contributed by atoms with Gasteiger partial charge in [0.25, 0.3) is 0 Å². The summed E-state index contributed by atoms with van der Waals surface area (Å²) in [6.45, 7) is 1.97. The van der Waals surface area contributed by atoms with Crippen LogP contribution in [-0.4, -0.2) is 26.6 Å². The van der Waals surface area contributed by atoms with Crippen molar-refractivity contribution < 1.29 is 13.2 Å². The summed E-state index contributed by atoms with van der Waals surface area (Å²) < 4.78 is 40.0. The number of hydrogen-bond donors (Lipinski definition) is 1. The van der Waals surface area contributed by atoms with Crippen molar-refractivity contribution in [2.45, 2.75) is 25.9 Å². The van der Waals surface area contributed by atoms with Crippen LogP contribution < -0.4 is 5.32 Å². The molecule has 0 bridgehead atoms. The Bertz CT molecular complexity index is 591. The maximum absolute atomic E-state index is 12.8. The second kappa shape index (κ2) is 5.48. The third-order valence-electron chi connectivity index (χ3n) is 2.66. The molecule has 0 amide bonds. The minimum atomic E-state index is -4.52. The normalized spacial score (nSPS) is 11.7. The highest BCUT2D eigenvalue weighted by atomic mass is 19.4. The fourth-order valence-electron chi connectivity index (χ4n) is 1.77. The molecule has 0 saturated heterocycles. The van der Waals surface area contributed by atoms with Gasteiger partial charge in [-0.3, -0.25) is 4.57 Å². The highest BCUT2D eigenvalue weighted by Crippen LogP contribution is 2.29. The number of nitrogens with one attached hydrogen (secondary N) is 1. The number of hydrogen-bond acceptors (Lipinski definition) is 4.